The summed E-state index contributed by atoms with van der Waals surface area (Å²) in [5.74, 6) is 0.891. The van der Waals surface area contributed by atoms with Crippen molar-refractivity contribution < 1.29 is 18.2 Å². The monoisotopic (exact) mass is 553 g/mol. The number of hydrogen-bond acceptors (Lipinski definition) is 11. The Balaban J connectivity index is 2.09. The van der Waals surface area contributed by atoms with E-state index in [2.05, 4.69) is 41.2 Å². The number of alkyl halides is 3. The van der Waals surface area contributed by atoms with Crippen molar-refractivity contribution in [3.05, 3.63) is 40.5 Å². The second kappa shape index (κ2) is 9.20. The Labute approximate surface area is 196 Å². The minimum Gasteiger partial charge on any atom is -0.493 e. The van der Waals surface area contributed by atoms with Crippen molar-refractivity contribution in [2.24, 2.45) is 5.73 Å². The number of nitrogens with one attached hydrogen (secondary N) is 2. The maximum atomic E-state index is 14.1. The molecule has 166 valence electrons. The molecule has 0 radical (unpaired) electrons. The van der Waals surface area contributed by atoms with Gasteiger partial charge in [0.15, 0.2) is 28.8 Å². The Morgan fingerprint density at radius 3 is 2.68 bits per heavy atom. The highest BCUT2D eigenvalue weighted by Crippen LogP contribution is 2.52. The van der Waals surface area contributed by atoms with Gasteiger partial charge in [0.05, 0.1) is 20.5 Å². The van der Waals surface area contributed by atoms with Crippen LogP contribution in [0.15, 0.2) is 24.5 Å². The van der Waals surface area contributed by atoms with Gasteiger partial charge in [0.1, 0.15) is 9.85 Å². The molecular weight excluding hydrogens is 541 g/mol. The average molecular weight is 555 g/mol. The molecule has 2 unspecified atom stereocenters. The lowest BCUT2D eigenvalue weighted by atomic mass is 10.2. The number of aromatic amines is 1. The third kappa shape index (κ3) is 5.60. The van der Waals surface area contributed by atoms with Crippen LogP contribution in [0.25, 0.3) is 11.2 Å². The van der Waals surface area contributed by atoms with Crippen LogP contribution in [0, 0.1) is 10.1 Å². The molecule has 0 saturated heterocycles. The van der Waals surface area contributed by atoms with Crippen LogP contribution in [0.4, 0.5) is 15.9 Å². The number of anilines is 2. The van der Waals surface area contributed by atoms with Gasteiger partial charge in [-0.15, -0.1) is 0 Å². The second-order valence-electron chi connectivity index (χ2n) is 5.72. The minimum atomic E-state index is -2.61. The van der Waals surface area contributed by atoms with Crippen LogP contribution in [-0.2, 0) is 4.20 Å². The smallest absolute Gasteiger partial charge is 0.287 e. The molecule has 1 aromatic carbocycles. The largest absolute Gasteiger partial charge is 0.493 e. The van der Waals surface area contributed by atoms with E-state index in [1.165, 1.54) is 20.5 Å². The molecule has 2 atom stereocenters. The molecule has 31 heavy (non-hydrogen) atoms. The highest BCUT2D eigenvalue weighted by molar-refractivity contribution is 9.12. The lowest BCUT2D eigenvalue weighted by Gasteiger charge is -2.24. The summed E-state index contributed by atoms with van der Waals surface area (Å²) in [6.45, 7) is 0. The third-order valence-corrected chi connectivity index (χ3v) is 6.23. The molecule has 4 N–H and O–H groups in total. The first-order valence-corrected chi connectivity index (χ1v) is 10.9. The number of halogens is 3. The number of rotatable bonds is 9. The summed E-state index contributed by atoms with van der Waals surface area (Å²) >= 11 is 8.34. The van der Waals surface area contributed by atoms with Crippen molar-refractivity contribution in [2.75, 3.05) is 19.5 Å². The topological polar surface area (TPSA) is 154 Å². The molecule has 0 amide bonds. The Bertz CT molecular complexity index is 1120. The molecule has 0 aliphatic carbocycles. The Morgan fingerprint density at radius 1 is 1.35 bits per heavy atom. The number of imidazole rings is 1. The van der Waals surface area contributed by atoms with E-state index in [0.29, 0.717) is 22.7 Å². The zero-order valence-electron chi connectivity index (χ0n) is 15.8. The van der Waals surface area contributed by atoms with Gasteiger partial charge in [-0.25, -0.2) is 19.3 Å². The summed E-state index contributed by atoms with van der Waals surface area (Å²) in [4.78, 5) is 26.5. The molecule has 0 fully saturated rings. The summed E-state index contributed by atoms with van der Waals surface area (Å²) in [5.41, 5.74) is 7.21. The van der Waals surface area contributed by atoms with Gasteiger partial charge in [-0.2, -0.15) is 0 Å². The zero-order chi connectivity index (χ0) is 22.8. The maximum absolute atomic E-state index is 14.1. The van der Waals surface area contributed by atoms with Crippen molar-refractivity contribution in [1.29, 1.82) is 0 Å². The van der Waals surface area contributed by atoms with E-state index >= 15 is 0 Å². The fourth-order valence-electron chi connectivity index (χ4n) is 2.52. The zero-order valence-corrected chi connectivity index (χ0v) is 19.7. The average Bonchev–Trinajstić information content (AvgIpc) is 3.14. The number of fused-ring (bicyclic) bond motifs is 1. The van der Waals surface area contributed by atoms with Gasteiger partial charge >= 0.3 is 0 Å². The fourth-order valence-corrected chi connectivity index (χ4v) is 5.70. The van der Waals surface area contributed by atoms with E-state index in [0.717, 1.165) is 0 Å². The number of benzene rings is 1. The quantitative estimate of drug-likeness (QED) is 0.115. The maximum Gasteiger partial charge on any atom is 0.287 e. The van der Waals surface area contributed by atoms with Crippen LogP contribution in [0.2, 0.25) is 0 Å². The van der Waals surface area contributed by atoms with Crippen LogP contribution in [0.5, 0.6) is 11.5 Å². The molecule has 0 spiro atoms. The number of methoxy groups -OCH3 is 2. The standard InChI is InChI=1S/C15H14BrClFN7O4S2/c1-28-8-4-3-7(5-9(8)29-2)22-12-10-11(21-6-20-10)23-13(24-12)14(19,31-25(26)27)30-15(16,17)18/h3-6H,19H2,1-2H3,(H2,20,21,22,23,24). The van der Waals surface area contributed by atoms with Crippen molar-refractivity contribution in [3.8, 4) is 11.5 Å². The summed E-state index contributed by atoms with van der Waals surface area (Å²) < 4.78 is 19.1. The van der Waals surface area contributed by atoms with Gasteiger partial charge in [-0.3, -0.25) is 15.8 Å². The predicted octanol–water partition coefficient (Wildman–Crippen LogP) is 4.06. The van der Waals surface area contributed by atoms with Crippen LogP contribution in [0.1, 0.15) is 5.82 Å². The molecule has 0 saturated carbocycles. The van der Waals surface area contributed by atoms with Crippen molar-refractivity contribution in [2.45, 2.75) is 7.57 Å². The van der Waals surface area contributed by atoms with Gasteiger partial charge in [0.25, 0.3) is 15.3 Å². The lowest BCUT2D eigenvalue weighted by Crippen LogP contribution is -2.35. The normalized spacial score (nSPS) is 15.2. The van der Waals surface area contributed by atoms with Crippen molar-refractivity contribution in [1.82, 2.24) is 19.9 Å². The Hall–Kier alpha value is -2.07. The molecule has 0 aliphatic rings. The molecule has 0 aliphatic heterocycles. The first-order chi connectivity index (χ1) is 14.5. The molecule has 2 heterocycles. The molecule has 0 bridgehead atoms. The molecule has 11 nitrogen and oxygen atoms in total. The van der Waals surface area contributed by atoms with E-state index in [-0.39, 0.29) is 41.0 Å². The van der Waals surface area contributed by atoms with E-state index in [1.807, 2.05) is 0 Å². The number of aromatic nitrogens is 4. The summed E-state index contributed by atoms with van der Waals surface area (Å²) in [5, 5.41) is 14.2. The third-order valence-electron chi connectivity index (χ3n) is 3.72. The van der Waals surface area contributed by atoms with Crippen LogP contribution < -0.4 is 20.5 Å². The number of nitrogens with zero attached hydrogens (tertiary/aromatic N) is 4. The summed E-state index contributed by atoms with van der Waals surface area (Å²) in [7, 11) is 2.99. The van der Waals surface area contributed by atoms with E-state index in [9.17, 15) is 14.5 Å². The summed E-state index contributed by atoms with van der Waals surface area (Å²) in [6.07, 6.45) is 1.36. The van der Waals surface area contributed by atoms with Crippen LogP contribution >= 0.6 is 51.2 Å². The Morgan fingerprint density at radius 2 is 2.06 bits per heavy atom. The highest BCUT2D eigenvalue weighted by Gasteiger charge is 2.48. The predicted molar refractivity (Wildman–Crippen MR) is 121 cm³/mol. The Kier molecular flexibility index (Phi) is 7.00. The summed E-state index contributed by atoms with van der Waals surface area (Å²) in [6, 6.07) is 5.03. The lowest BCUT2D eigenvalue weighted by molar-refractivity contribution is -0.285. The molecular formula is C15H14BrClFN7O4S2. The van der Waals surface area contributed by atoms with E-state index in [4.69, 9.17) is 26.8 Å². The highest BCUT2D eigenvalue weighted by atomic mass is 79.9. The second-order valence-corrected chi connectivity index (χ2v) is 11.3. The van der Waals surface area contributed by atoms with Crippen LogP contribution in [0.3, 0.4) is 0 Å². The van der Waals surface area contributed by atoms with Gasteiger partial charge < -0.3 is 19.8 Å². The van der Waals surface area contributed by atoms with Gasteiger partial charge in [-0.1, -0.05) is 11.6 Å². The molecule has 16 heteroatoms. The number of H-pyrrole nitrogens is 1. The molecule has 2 aromatic heterocycles. The number of nitrogens with two attached hydrogens (primary N) is 1. The first-order valence-electron chi connectivity index (χ1n) is 8.14. The number of hydrogen-bond donors (Lipinski definition) is 3. The van der Waals surface area contributed by atoms with E-state index in [1.54, 1.807) is 18.2 Å². The SMILES string of the molecule is COc1ccc(Nc2nc(C(N)(S[N+](=O)[O-])SC(F)(Cl)Br)nc3nc[nH]c23)cc1OC. The van der Waals surface area contributed by atoms with Gasteiger partial charge in [-0.05, 0) is 39.8 Å². The fraction of sp³-hybridized carbons (Fsp3) is 0.267. The van der Waals surface area contributed by atoms with E-state index < -0.39 is 11.9 Å². The minimum absolute atomic E-state index is 0.000225. The van der Waals surface area contributed by atoms with Gasteiger partial charge in [0.2, 0.25) is 4.20 Å². The number of thioether (sulfide) groups is 1. The van der Waals surface area contributed by atoms with Crippen molar-refractivity contribution in [3.63, 3.8) is 0 Å². The number of nitro groups is 1. The first kappa shape index (κ1) is 23.6. The van der Waals surface area contributed by atoms with Crippen molar-refractivity contribution >= 4 is 73.9 Å². The molecule has 3 rings (SSSR count). The molecule has 3 aromatic rings. The van der Waals surface area contributed by atoms with Crippen LogP contribution in [-0.4, -0.2) is 41.9 Å². The van der Waals surface area contributed by atoms with Gasteiger partial charge in [0, 0.05) is 11.8 Å². The number of ether oxygens (including phenoxy) is 2.